The van der Waals surface area contributed by atoms with Gasteiger partial charge in [0.05, 0.1) is 0 Å². The molecule has 0 fully saturated rings. The number of furan rings is 1. The number of aldehydes is 1. The largest absolute Gasteiger partial charge is 0.453 e. The highest BCUT2D eigenvalue weighted by atomic mass is 79.9. The van der Waals surface area contributed by atoms with E-state index in [-0.39, 0.29) is 0 Å². The van der Waals surface area contributed by atoms with Crippen molar-refractivity contribution < 1.29 is 9.21 Å². The van der Waals surface area contributed by atoms with E-state index in [1.165, 1.54) is 11.1 Å². The standard InChI is InChI=1S/C14H12BrNO2/c15-13-3-2-11(12-7-16-6-5-10(12)13)14-4-1-9(8-17)18-14/h1-4,8,16H,5-7H2. The van der Waals surface area contributed by atoms with Gasteiger partial charge in [-0.25, -0.2) is 0 Å². The van der Waals surface area contributed by atoms with Crippen LogP contribution in [0, 0.1) is 0 Å². The number of carbonyl (C=O) groups is 1. The average molecular weight is 306 g/mol. The SMILES string of the molecule is O=Cc1ccc(-c2ccc(Br)c3c2CNCC3)o1. The summed E-state index contributed by atoms with van der Waals surface area (Å²) in [6.07, 6.45) is 1.73. The van der Waals surface area contributed by atoms with E-state index in [4.69, 9.17) is 4.42 Å². The van der Waals surface area contributed by atoms with Crippen molar-refractivity contribution >= 4 is 22.2 Å². The van der Waals surface area contributed by atoms with Crippen LogP contribution >= 0.6 is 15.9 Å². The minimum atomic E-state index is 0.366. The molecular weight excluding hydrogens is 294 g/mol. The highest BCUT2D eigenvalue weighted by Gasteiger charge is 2.18. The first-order chi connectivity index (χ1) is 8.79. The number of benzene rings is 1. The summed E-state index contributed by atoms with van der Waals surface area (Å²) >= 11 is 3.59. The van der Waals surface area contributed by atoms with E-state index in [1.54, 1.807) is 6.07 Å². The van der Waals surface area contributed by atoms with Crippen molar-refractivity contribution in [3.63, 3.8) is 0 Å². The van der Waals surface area contributed by atoms with E-state index >= 15 is 0 Å². The molecule has 3 nitrogen and oxygen atoms in total. The van der Waals surface area contributed by atoms with Crippen molar-refractivity contribution in [2.75, 3.05) is 6.54 Å². The fraction of sp³-hybridized carbons (Fsp3) is 0.214. The maximum absolute atomic E-state index is 10.7. The normalized spacial score (nSPS) is 14.3. The Balaban J connectivity index is 2.14. The number of halogens is 1. The van der Waals surface area contributed by atoms with Crippen molar-refractivity contribution in [1.82, 2.24) is 5.32 Å². The molecule has 92 valence electrons. The third-order valence-electron chi connectivity index (χ3n) is 3.24. The molecule has 0 saturated heterocycles. The first-order valence-electron chi connectivity index (χ1n) is 5.86. The molecule has 2 aromatic rings. The minimum Gasteiger partial charge on any atom is -0.453 e. The molecule has 3 rings (SSSR count). The van der Waals surface area contributed by atoms with Crippen molar-refractivity contribution in [2.45, 2.75) is 13.0 Å². The lowest BCUT2D eigenvalue weighted by molar-refractivity contribution is 0.110. The van der Waals surface area contributed by atoms with Gasteiger partial charge in [-0.1, -0.05) is 15.9 Å². The highest BCUT2D eigenvalue weighted by Crippen LogP contribution is 2.33. The molecule has 0 unspecified atom stereocenters. The lowest BCUT2D eigenvalue weighted by atomic mass is 9.95. The molecule has 0 radical (unpaired) electrons. The number of fused-ring (bicyclic) bond motifs is 1. The molecule has 2 heterocycles. The smallest absolute Gasteiger partial charge is 0.185 e. The summed E-state index contributed by atoms with van der Waals surface area (Å²) < 4.78 is 6.66. The van der Waals surface area contributed by atoms with Crippen LogP contribution in [-0.2, 0) is 13.0 Å². The number of rotatable bonds is 2. The van der Waals surface area contributed by atoms with Gasteiger partial charge in [0.25, 0.3) is 0 Å². The van der Waals surface area contributed by atoms with Crippen LogP contribution in [0.25, 0.3) is 11.3 Å². The number of nitrogens with one attached hydrogen (secondary N) is 1. The number of hydrogen-bond donors (Lipinski definition) is 1. The van der Waals surface area contributed by atoms with E-state index in [0.717, 1.165) is 41.6 Å². The van der Waals surface area contributed by atoms with Gasteiger partial charge in [0.15, 0.2) is 12.0 Å². The van der Waals surface area contributed by atoms with Gasteiger partial charge >= 0.3 is 0 Å². The molecule has 18 heavy (non-hydrogen) atoms. The van der Waals surface area contributed by atoms with Crippen LogP contribution in [0.3, 0.4) is 0 Å². The van der Waals surface area contributed by atoms with Crippen LogP contribution in [0.5, 0.6) is 0 Å². The second-order valence-electron chi connectivity index (χ2n) is 4.30. The molecule has 0 aliphatic carbocycles. The number of hydrogen-bond acceptors (Lipinski definition) is 3. The maximum atomic E-state index is 10.7. The van der Waals surface area contributed by atoms with Gasteiger partial charge in [0, 0.05) is 16.6 Å². The third kappa shape index (κ3) is 1.91. The molecule has 1 aromatic heterocycles. The summed E-state index contributed by atoms with van der Waals surface area (Å²) in [5, 5.41) is 3.37. The Labute approximate surface area is 113 Å². The average Bonchev–Trinajstić information content (AvgIpc) is 2.88. The Bertz CT molecular complexity index is 604. The van der Waals surface area contributed by atoms with Crippen LogP contribution < -0.4 is 5.32 Å². The molecule has 0 spiro atoms. The minimum absolute atomic E-state index is 0.366. The maximum Gasteiger partial charge on any atom is 0.185 e. The molecule has 1 aliphatic rings. The second-order valence-corrected chi connectivity index (χ2v) is 5.15. The van der Waals surface area contributed by atoms with Crippen LogP contribution in [0.15, 0.2) is 33.2 Å². The van der Waals surface area contributed by atoms with Gasteiger partial charge < -0.3 is 9.73 Å². The van der Waals surface area contributed by atoms with Crippen molar-refractivity contribution in [2.24, 2.45) is 0 Å². The first kappa shape index (κ1) is 11.7. The van der Waals surface area contributed by atoms with Crippen LogP contribution in [0.4, 0.5) is 0 Å². The summed E-state index contributed by atoms with van der Waals surface area (Å²) in [4.78, 5) is 10.7. The topological polar surface area (TPSA) is 42.2 Å². The van der Waals surface area contributed by atoms with Crippen molar-refractivity contribution in [3.05, 3.63) is 45.6 Å². The van der Waals surface area contributed by atoms with E-state index in [0.29, 0.717) is 5.76 Å². The Morgan fingerprint density at radius 1 is 1.22 bits per heavy atom. The zero-order valence-electron chi connectivity index (χ0n) is 9.70. The Hall–Kier alpha value is -1.39. The number of carbonyl (C=O) groups excluding carboxylic acids is 1. The van der Waals surface area contributed by atoms with E-state index < -0.39 is 0 Å². The summed E-state index contributed by atoms with van der Waals surface area (Å²) in [5.41, 5.74) is 3.64. The predicted octanol–water partition coefficient (Wildman–Crippen LogP) is 3.17. The van der Waals surface area contributed by atoms with Gasteiger partial charge in [-0.05, 0) is 48.4 Å². The molecule has 0 atom stereocenters. The fourth-order valence-corrected chi connectivity index (χ4v) is 2.92. The van der Waals surface area contributed by atoms with Gasteiger partial charge in [0.2, 0.25) is 0 Å². The Morgan fingerprint density at radius 3 is 2.89 bits per heavy atom. The summed E-state index contributed by atoms with van der Waals surface area (Å²) in [5.74, 6) is 1.12. The molecule has 0 amide bonds. The second kappa shape index (κ2) is 4.71. The molecule has 1 N–H and O–H groups in total. The quantitative estimate of drug-likeness (QED) is 0.867. The van der Waals surface area contributed by atoms with E-state index in [9.17, 15) is 4.79 Å². The highest BCUT2D eigenvalue weighted by molar-refractivity contribution is 9.10. The monoisotopic (exact) mass is 305 g/mol. The van der Waals surface area contributed by atoms with Gasteiger partial charge in [-0.3, -0.25) is 4.79 Å². The third-order valence-corrected chi connectivity index (χ3v) is 3.98. The summed E-state index contributed by atoms with van der Waals surface area (Å²) in [6, 6.07) is 7.63. The molecular formula is C14H12BrNO2. The molecule has 1 aromatic carbocycles. The van der Waals surface area contributed by atoms with E-state index in [1.807, 2.05) is 18.2 Å². The van der Waals surface area contributed by atoms with Crippen molar-refractivity contribution in [3.8, 4) is 11.3 Å². The lowest BCUT2D eigenvalue weighted by Gasteiger charge is -2.21. The predicted molar refractivity (Wildman–Crippen MR) is 72.6 cm³/mol. The summed E-state index contributed by atoms with van der Waals surface area (Å²) in [6.45, 7) is 1.83. The molecule has 1 aliphatic heterocycles. The first-order valence-corrected chi connectivity index (χ1v) is 6.65. The molecule has 0 bridgehead atoms. The van der Waals surface area contributed by atoms with Gasteiger partial charge in [0.1, 0.15) is 5.76 Å². The Kier molecular flexibility index (Phi) is 3.06. The lowest BCUT2D eigenvalue weighted by Crippen LogP contribution is -2.24. The van der Waals surface area contributed by atoms with Crippen LogP contribution in [0.1, 0.15) is 21.7 Å². The Morgan fingerprint density at radius 2 is 2.11 bits per heavy atom. The van der Waals surface area contributed by atoms with E-state index in [2.05, 4.69) is 21.2 Å². The summed E-state index contributed by atoms with van der Waals surface area (Å²) in [7, 11) is 0. The van der Waals surface area contributed by atoms with Gasteiger partial charge in [-0.15, -0.1) is 0 Å². The zero-order chi connectivity index (χ0) is 12.5. The van der Waals surface area contributed by atoms with Crippen LogP contribution in [0.2, 0.25) is 0 Å². The fourth-order valence-electron chi connectivity index (χ4n) is 2.36. The zero-order valence-corrected chi connectivity index (χ0v) is 11.3. The van der Waals surface area contributed by atoms with Gasteiger partial charge in [-0.2, -0.15) is 0 Å². The van der Waals surface area contributed by atoms with Crippen LogP contribution in [-0.4, -0.2) is 12.8 Å². The molecule has 0 saturated carbocycles. The van der Waals surface area contributed by atoms with Crippen molar-refractivity contribution in [1.29, 1.82) is 0 Å². The molecule has 4 heteroatoms.